The third kappa shape index (κ3) is 3.09. The van der Waals surface area contributed by atoms with Crippen LogP contribution in [0.4, 0.5) is 11.8 Å². The number of anilines is 2. The Balaban J connectivity index is 2.32. The summed E-state index contributed by atoms with van der Waals surface area (Å²) < 4.78 is 0. The molecule has 116 valence electrons. The van der Waals surface area contributed by atoms with Crippen LogP contribution in [0.15, 0.2) is 6.07 Å². The lowest BCUT2D eigenvalue weighted by atomic mass is 9.98. The number of likely N-dealkylation sites (N-methyl/N-ethyl adjacent to an activating group) is 1. The zero-order valence-corrected chi connectivity index (χ0v) is 13.6. The number of carbonyl (C=O) groups excluding carboxylic acids is 1. The number of carbonyl (C=O) groups is 1. The number of piperazine rings is 1. The van der Waals surface area contributed by atoms with Gasteiger partial charge in [0.05, 0.1) is 0 Å². The van der Waals surface area contributed by atoms with Crippen LogP contribution >= 0.6 is 0 Å². The molecule has 21 heavy (non-hydrogen) atoms. The molecule has 0 radical (unpaired) electrons. The molecule has 0 unspecified atom stereocenters. The minimum atomic E-state index is -0.587. The Kier molecular flexibility index (Phi) is 4.34. The average molecular weight is 291 g/mol. The summed E-state index contributed by atoms with van der Waals surface area (Å²) in [7, 11) is 1.85. The van der Waals surface area contributed by atoms with Crippen molar-refractivity contribution in [1.82, 2.24) is 14.9 Å². The van der Waals surface area contributed by atoms with Crippen molar-refractivity contribution in [2.24, 2.45) is 0 Å². The van der Waals surface area contributed by atoms with Crippen LogP contribution < -0.4 is 10.2 Å². The highest BCUT2D eigenvalue weighted by molar-refractivity contribution is 5.90. The standard InChI is InChI=1S/C15H25N5O/c1-6-7-16-14-17-11(2)10-12(18-14)20-9-8-19(5)13(21)15(20,3)4/h10H,6-9H2,1-5H3,(H,16,17,18). The second-order valence-corrected chi connectivity index (χ2v) is 6.06. The molecule has 1 fully saturated rings. The normalized spacial score (nSPS) is 18.0. The van der Waals surface area contributed by atoms with Gasteiger partial charge in [-0.3, -0.25) is 4.79 Å². The highest BCUT2D eigenvalue weighted by atomic mass is 16.2. The van der Waals surface area contributed by atoms with E-state index in [0.717, 1.165) is 31.0 Å². The Hall–Kier alpha value is -1.85. The molecule has 0 aliphatic carbocycles. The molecule has 1 aliphatic heterocycles. The number of aryl methyl sites for hydroxylation is 1. The lowest BCUT2D eigenvalue weighted by Crippen LogP contribution is -2.62. The van der Waals surface area contributed by atoms with Crippen molar-refractivity contribution in [2.75, 3.05) is 36.9 Å². The monoisotopic (exact) mass is 291 g/mol. The predicted octanol–water partition coefficient (Wildman–Crippen LogP) is 1.66. The van der Waals surface area contributed by atoms with Crippen molar-refractivity contribution in [1.29, 1.82) is 0 Å². The second kappa shape index (κ2) is 5.87. The van der Waals surface area contributed by atoms with E-state index in [1.807, 2.05) is 33.9 Å². The summed E-state index contributed by atoms with van der Waals surface area (Å²) >= 11 is 0. The first-order chi connectivity index (χ1) is 9.86. The van der Waals surface area contributed by atoms with Gasteiger partial charge in [-0.25, -0.2) is 4.98 Å². The molecular weight excluding hydrogens is 266 g/mol. The quantitative estimate of drug-likeness (QED) is 0.914. The van der Waals surface area contributed by atoms with E-state index in [0.29, 0.717) is 12.5 Å². The zero-order chi connectivity index (χ0) is 15.6. The summed E-state index contributed by atoms with van der Waals surface area (Å²) in [4.78, 5) is 25.2. The Bertz CT molecular complexity index is 529. The Morgan fingerprint density at radius 2 is 2.05 bits per heavy atom. The summed E-state index contributed by atoms with van der Waals surface area (Å²) in [5.41, 5.74) is 0.316. The first-order valence-electron chi connectivity index (χ1n) is 7.49. The van der Waals surface area contributed by atoms with E-state index in [4.69, 9.17) is 0 Å². The Morgan fingerprint density at radius 3 is 2.71 bits per heavy atom. The fourth-order valence-electron chi connectivity index (χ4n) is 2.62. The third-order valence-electron chi connectivity index (χ3n) is 3.85. The summed E-state index contributed by atoms with van der Waals surface area (Å²) in [6.07, 6.45) is 1.02. The number of amides is 1. The molecule has 1 aromatic heterocycles. The van der Waals surface area contributed by atoms with Crippen LogP contribution in [0.2, 0.25) is 0 Å². The van der Waals surface area contributed by atoms with E-state index in [9.17, 15) is 4.79 Å². The molecule has 2 heterocycles. The van der Waals surface area contributed by atoms with Gasteiger partial charge in [-0.2, -0.15) is 4.98 Å². The van der Waals surface area contributed by atoms with E-state index in [2.05, 4.69) is 27.1 Å². The van der Waals surface area contributed by atoms with Crippen LogP contribution in [0.5, 0.6) is 0 Å². The van der Waals surface area contributed by atoms with Crippen molar-refractivity contribution >= 4 is 17.7 Å². The van der Waals surface area contributed by atoms with Crippen LogP contribution in [-0.2, 0) is 4.79 Å². The smallest absolute Gasteiger partial charge is 0.247 e. The highest BCUT2D eigenvalue weighted by Crippen LogP contribution is 2.28. The van der Waals surface area contributed by atoms with Crippen LogP contribution in [0.1, 0.15) is 32.9 Å². The van der Waals surface area contributed by atoms with E-state index >= 15 is 0 Å². The van der Waals surface area contributed by atoms with Crippen LogP contribution in [0.25, 0.3) is 0 Å². The molecule has 1 aliphatic rings. The van der Waals surface area contributed by atoms with Crippen molar-refractivity contribution < 1.29 is 4.79 Å². The highest BCUT2D eigenvalue weighted by Gasteiger charge is 2.41. The average Bonchev–Trinajstić information content (AvgIpc) is 2.42. The Labute approximate surface area is 126 Å². The lowest BCUT2D eigenvalue weighted by Gasteiger charge is -2.45. The summed E-state index contributed by atoms with van der Waals surface area (Å²) in [5, 5.41) is 3.22. The number of hydrogen-bond donors (Lipinski definition) is 1. The minimum absolute atomic E-state index is 0.119. The maximum Gasteiger partial charge on any atom is 0.247 e. The van der Waals surface area contributed by atoms with E-state index in [1.54, 1.807) is 4.90 Å². The molecule has 0 atom stereocenters. The van der Waals surface area contributed by atoms with Crippen molar-refractivity contribution in [3.63, 3.8) is 0 Å². The van der Waals surface area contributed by atoms with E-state index in [-0.39, 0.29) is 5.91 Å². The SMILES string of the molecule is CCCNc1nc(C)cc(N2CCN(C)C(=O)C2(C)C)n1. The molecule has 1 amide bonds. The van der Waals surface area contributed by atoms with Crippen LogP contribution in [0.3, 0.4) is 0 Å². The fraction of sp³-hybridized carbons (Fsp3) is 0.667. The first-order valence-corrected chi connectivity index (χ1v) is 7.49. The van der Waals surface area contributed by atoms with Crippen molar-refractivity contribution in [2.45, 2.75) is 39.7 Å². The van der Waals surface area contributed by atoms with Gasteiger partial charge in [-0.1, -0.05) is 6.92 Å². The van der Waals surface area contributed by atoms with Crippen molar-refractivity contribution in [3.8, 4) is 0 Å². The van der Waals surface area contributed by atoms with Gasteiger partial charge < -0.3 is 15.1 Å². The number of nitrogens with zero attached hydrogens (tertiary/aromatic N) is 4. The van der Waals surface area contributed by atoms with E-state index in [1.165, 1.54) is 0 Å². The first kappa shape index (κ1) is 15.5. The molecule has 1 saturated heterocycles. The number of rotatable bonds is 4. The van der Waals surface area contributed by atoms with Gasteiger partial charge in [0, 0.05) is 38.4 Å². The molecule has 1 aromatic rings. The van der Waals surface area contributed by atoms with Gasteiger partial charge in [-0.15, -0.1) is 0 Å². The van der Waals surface area contributed by atoms with E-state index < -0.39 is 5.54 Å². The molecule has 6 nitrogen and oxygen atoms in total. The van der Waals surface area contributed by atoms with Gasteiger partial charge in [0.2, 0.25) is 11.9 Å². The molecular formula is C15H25N5O. The lowest BCUT2D eigenvalue weighted by molar-refractivity contribution is -0.136. The van der Waals surface area contributed by atoms with Gasteiger partial charge in [0.15, 0.2) is 0 Å². The minimum Gasteiger partial charge on any atom is -0.354 e. The molecule has 0 bridgehead atoms. The zero-order valence-electron chi connectivity index (χ0n) is 13.6. The third-order valence-corrected chi connectivity index (χ3v) is 3.85. The maximum absolute atomic E-state index is 12.4. The number of hydrogen-bond acceptors (Lipinski definition) is 5. The largest absolute Gasteiger partial charge is 0.354 e. The summed E-state index contributed by atoms with van der Waals surface area (Å²) in [6.45, 7) is 10.3. The number of aromatic nitrogens is 2. The van der Waals surface area contributed by atoms with Gasteiger partial charge >= 0.3 is 0 Å². The molecule has 2 rings (SSSR count). The number of nitrogens with one attached hydrogen (secondary N) is 1. The Morgan fingerprint density at radius 1 is 1.33 bits per heavy atom. The summed E-state index contributed by atoms with van der Waals surface area (Å²) in [6, 6.07) is 1.94. The molecule has 0 aromatic carbocycles. The summed E-state index contributed by atoms with van der Waals surface area (Å²) in [5.74, 6) is 1.56. The molecule has 0 saturated carbocycles. The predicted molar refractivity (Wildman–Crippen MR) is 84.6 cm³/mol. The fourth-order valence-corrected chi connectivity index (χ4v) is 2.62. The molecule has 0 spiro atoms. The van der Waals surface area contributed by atoms with Crippen molar-refractivity contribution in [3.05, 3.63) is 11.8 Å². The van der Waals surface area contributed by atoms with Gasteiger partial charge in [-0.05, 0) is 27.2 Å². The molecule has 1 N–H and O–H groups in total. The maximum atomic E-state index is 12.4. The topological polar surface area (TPSA) is 61.4 Å². The van der Waals surface area contributed by atoms with Gasteiger partial charge in [0.25, 0.3) is 0 Å². The second-order valence-electron chi connectivity index (χ2n) is 6.06. The van der Waals surface area contributed by atoms with Crippen LogP contribution in [0, 0.1) is 6.92 Å². The van der Waals surface area contributed by atoms with Crippen LogP contribution in [-0.4, -0.2) is 53.0 Å². The van der Waals surface area contributed by atoms with Gasteiger partial charge in [0.1, 0.15) is 11.4 Å². The molecule has 6 heteroatoms.